The third kappa shape index (κ3) is 2.10. The summed E-state index contributed by atoms with van der Waals surface area (Å²) in [5.74, 6) is 0.312. The molecule has 0 unspecified atom stereocenters. The van der Waals surface area contributed by atoms with Crippen LogP contribution >= 0.6 is 23.8 Å². The number of sulfone groups is 1. The molecule has 0 aliphatic carbocycles. The number of fused-ring (bicyclic) bond motifs is 1. The first-order valence-electron chi connectivity index (χ1n) is 6.49. The maximum absolute atomic E-state index is 11.9. The highest BCUT2D eigenvalue weighted by atomic mass is 35.5. The minimum atomic E-state index is -3.01. The molecule has 20 heavy (non-hydrogen) atoms. The summed E-state index contributed by atoms with van der Waals surface area (Å²) >= 11 is 11.8. The summed E-state index contributed by atoms with van der Waals surface area (Å²) < 4.78 is 23.9. The van der Waals surface area contributed by atoms with Gasteiger partial charge in [0.1, 0.15) is 0 Å². The van der Waals surface area contributed by atoms with Crippen molar-refractivity contribution in [2.75, 3.05) is 23.0 Å². The number of thiocarbonyl (C=S) groups is 1. The highest BCUT2D eigenvalue weighted by Crippen LogP contribution is 2.37. The molecular formula is C13H15ClN2O2S2. The zero-order valence-corrected chi connectivity index (χ0v) is 13.4. The van der Waals surface area contributed by atoms with E-state index in [2.05, 4.69) is 0 Å². The molecule has 4 nitrogen and oxygen atoms in total. The van der Waals surface area contributed by atoms with Crippen LogP contribution in [-0.4, -0.2) is 48.6 Å². The Morgan fingerprint density at radius 3 is 2.60 bits per heavy atom. The molecule has 2 fully saturated rings. The van der Waals surface area contributed by atoms with E-state index in [1.807, 2.05) is 34.9 Å². The van der Waals surface area contributed by atoms with Gasteiger partial charge >= 0.3 is 0 Å². The van der Waals surface area contributed by atoms with Gasteiger partial charge in [-0.25, -0.2) is 8.42 Å². The highest BCUT2D eigenvalue weighted by molar-refractivity contribution is 7.91. The van der Waals surface area contributed by atoms with Gasteiger partial charge in [-0.3, -0.25) is 0 Å². The van der Waals surface area contributed by atoms with Crippen molar-refractivity contribution in [3.05, 3.63) is 29.3 Å². The van der Waals surface area contributed by atoms with E-state index in [-0.39, 0.29) is 23.6 Å². The zero-order valence-electron chi connectivity index (χ0n) is 11.0. The molecular weight excluding hydrogens is 316 g/mol. The van der Waals surface area contributed by atoms with E-state index in [1.165, 1.54) is 0 Å². The topological polar surface area (TPSA) is 40.6 Å². The number of hydrogen-bond acceptors (Lipinski definition) is 3. The molecule has 2 aliphatic heterocycles. The fraction of sp³-hybridized carbons (Fsp3) is 0.462. The summed E-state index contributed by atoms with van der Waals surface area (Å²) in [6.07, 6.45) is 0. The number of para-hydroxylation sites is 1. The van der Waals surface area contributed by atoms with Crippen LogP contribution in [0.5, 0.6) is 0 Å². The number of likely N-dealkylation sites (N-methyl/N-ethyl adjacent to an activating group) is 1. The molecule has 2 aliphatic rings. The van der Waals surface area contributed by atoms with Gasteiger partial charge in [-0.05, 0) is 31.3 Å². The predicted octanol–water partition coefficient (Wildman–Crippen LogP) is 1.93. The van der Waals surface area contributed by atoms with Crippen LogP contribution in [0.25, 0.3) is 0 Å². The smallest absolute Gasteiger partial charge is 0.176 e. The molecule has 2 atom stereocenters. The highest BCUT2D eigenvalue weighted by Gasteiger charge is 2.51. The first kappa shape index (κ1) is 14.1. The summed E-state index contributed by atoms with van der Waals surface area (Å²) in [6.45, 7) is 2.70. The molecule has 2 saturated heterocycles. The Balaban J connectivity index is 2.07. The number of anilines is 1. The van der Waals surface area contributed by atoms with Crippen molar-refractivity contribution in [1.29, 1.82) is 0 Å². The van der Waals surface area contributed by atoms with Gasteiger partial charge in [-0.2, -0.15) is 0 Å². The molecule has 2 heterocycles. The van der Waals surface area contributed by atoms with Crippen LogP contribution in [0.3, 0.4) is 0 Å². The third-order valence-corrected chi connectivity index (χ3v) is 6.38. The van der Waals surface area contributed by atoms with Crippen LogP contribution in [0, 0.1) is 0 Å². The average Bonchev–Trinajstić information content (AvgIpc) is 2.80. The van der Waals surface area contributed by atoms with E-state index in [0.29, 0.717) is 16.7 Å². The van der Waals surface area contributed by atoms with Gasteiger partial charge in [0, 0.05) is 6.54 Å². The maximum Gasteiger partial charge on any atom is 0.176 e. The van der Waals surface area contributed by atoms with Gasteiger partial charge in [0.25, 0.3) is 0 Å². The fourth-order valence-electron chi connectivity index (χ4n) is 3.08. The van der Waals surface area contributed by atoms with Crippen molar-refractivity contribution >= 4 is 44.5 Å². The van der Waals surface area contributed by atoms with Gasteiger partial charge in [-0.15, -0.1) is 0 Å². The van der Waals surface area contributed by atoms with Crippen molar-refractivity contribution in [2.45, 2.75) is 19.0 Å². The summed E-state index contributed by atoms with van der Waals surface area (Å²) in [4.78, 5) is 3.91. The predicted molar refractivity (Wildman–Crippen MR) is 85.1 cm³/mol. The lowest BCUT2D eigenvalue weighted by atomic mass is 10.1. The first-order chi connectivity index (χ1) is 9.44. The molecule has 1 aromatic rings. The van der Waals surface area contributed by atoms with Crippen LogP contribution in [0.2, 0.25) is 5.02 Å². The van der Waals surface area contributed by atoms with E-state index in [9.17, 15) is 8.42 Å². The third-order valence-electron chi connectivity index (χ3n) is 3.93. The lowest BCUT2D eigenvalue weighted by Crippen LogP contribution is -2.37. The molecule has 0 aromatic heterocycles. The van der Waals surface area contributed by atoms with E-state index < -0.39 is 9.84 Å². The van der Waals surface area contributed by atoms with Crippen molar-refractivity contribution < 1.29 is 8.42 Å². The van der Waals surface area contributed by atoms with Gasteiger partial charge in [0.15, 0.2) is 14.9 Å². The number of rotatable bonds is 2. The molecule has 0 spiro atoms. The van der Waals surface area contributed by atoms with Crippen molar-refractivity contribution in [2.24, 2.45) is 0 Å². The Hall–Kier alpha value is -0.850. The second-order valence-corrected chi connectivity index (χ2v) is 8.03. The van der Waals surface area contributed by atoms with Gasteiger partial charge in [0.2, 0.25) is 0 Å². The molecule has 1 aromatic carbocycles. The lowest BCUT2D eigenvalue weighted by molar-refractivity contribution is 0.373. The maximum atomic E-state index is 11.9. The molecule has 3 rings (SSSR count). The van der Waals surface area contributed by atoms with Crippen molar-refractivity contribution in [3.8, 4) is 0 Å². The van der Waals surface area contributed by atoms with Crippen LogP contribution in [0.1, 0.15) is 6.92 Å². The number of halogens is 1. The van der Waals surface area contributed by atoms with E-state index >= 15 is 0 Å². The van der Waals surface area contributed by atoms with Crippen LogP contribution in [-0.2, 0) is 9.84 Å². The summed E-state index contributed by atoms with van der Waals surface area (Å²) in [5, 5.41) is 1.27. The quantitative estimate of drug-likeness (QED) is 0.775. The van der Waals surface area contributed by atoms with Gasteiger partial charge in [-0.1, -0.05) is 23.7 Å². The Bertz CT molecular complexity index is 662. The van der Waals surface area contributed by atoms with E-state index in [4.69, 9.17) is 23.8 Å². The molecule has 7 heteroatoms. The largest absolute Gasteiger partial charge is 0.343 e. The van der Waals surface area contributed by atoms with Crippen LogP contribution in [0.15, 0.2) is 24.3 Å². The summed E-state index contributed by atoms with van der Waals surface area (Å²) in [5.41, 5.74) is 0.794. The van der Waals surface area contributed by atoms with Gasteiger partial charge in [0.05, 0.1) is 34.3 Å². The second kappa shape index (κ2) is 4.86. The average molecular weight is 331 g/mol. The number of nitrogens with zero attached hydrogens (tertiary/aromatic N) is 2. The van der Waals surface area contributed by atoms with E-state index in [0.717, 1.165) is 5.69 Å². The Morgan fingerprint density at radius 1 is 1.30 bits per heavy atom. The summed E-state index contributed by atoms with van der Waals surface area (Å²) in [6, 6.07) is 7.23. The molecule has 0 radical (unpaired) electrons. The van der Waals surface area contributed by atoms with Crippen LogP contribution < -0.4 is 4.90 Å². The normalized spacial score (nSPS) is 28.0. The molecule has 0 amide bonds. The summed E-state index contributed by atoms with van der Waals surface area (Å²) in [7, 11) is -3.01. The van der Waals surface area contributed by atoms with Gasteiger partial charge < -0.3 is 9.80 Å². The minimum Gasteiger partial charge on any atom is -0.343 e. The van der Waals surface area contributed by atoms with Crippen LogP contribution in [0.4, 0.5) is 5.69 Å². The van der Waals surface area contributed by atoms with Crippen molar-refractivity contribution in [3.63, 3.8) is 0 Å². The molecule has 0 N–H and O–H groups in total. The number of hydrogen-bond donors (Lipinski definition) is 0. The molecule has 0 saturated carbocycles. The molecule has 0 bridgehead atoms. The first-order valence-corrected chi connectivity index (χ1v) is 9.10. The minimum absolute atomic E-state index is 0.0613. The van der Waals surface area contributed by atoms with Crippen molar-refractivity contribution in [1.82, 2.24) is 4.90 Å². The lowest BCUT2D eigenvalue weighted by Gasteiger charge is -2.25. The number of benzene rings is 1. The zero-order chi connectivity index (χ0) is 14.5. The Kier molecular flexibility index (Phi) is 3.43. The van der Waals surface area contributed by atoms with E-state index in [1.54, 1.807) is 6.07 Å². The standard InChI is InChI=1S/C13H15ClN2O2S2/c1-2-15-11-7-20(17,18)8-12(11)16(13(15)19)10-6-4-3-5-9(10)14/h3-6,11-12H,2,7-8H2,1H3/t11-,12-/m1/s1. The second-order valence-electron chi connectivity index (χ2n) is 5.10. The SMILES string of the molecule is CCN1C(=S)N(c2ccccc2Cl)[C@@H]2CS(=O)(=O)C[C@H]21. The molecule has 108 valence electrons. The Labute approximate surface area is 129 Å². The monoisotopic (exact) mass is 330 g/mol. The Morgan fingerprint density at radius 2 is 1.95 bits per heavy atom. The fourth-order valence-corrected chi connectivity index (χ4v) is 5.75.